The summed E-state index contributed by atoms with van der Waals surface area (Å²) in [6.07, 6.45) is 5.74. The average Bonchev–Trinajstić information content (AvgIpc) is 2.33. The Hall–Kier alpha value is -0.610. The maximum atomic E-state index is 11.5. The highest BCUT2D eigenvalue weighted by atomic mass is 16.2. The van der Waals surface area contributed by atoms with Gasteiger partial charge in [0.25, 0.3) is 0 Å². The molecule has 2 N–H and O–H groups in total. The first-order valence-corrected chi connectivity index (χ1v) is 6.76. The minimum atomic E-state index is 0.136. The van der Waals surface area contributed by atoms with Gasteiger partial charge in [0.05, 0.1) is 0 Å². The molecule has 4 heteroatoms. The number of rotatable bonds is 11. The predicted octanol–water partition coefficient (Wildman–Crippen LogP) is 1.39. The smallest absolute Gasteiger partial charge is 0.221 e. The van der Waals surface area contributed by atoms with E-state index in [1.807, 2.05) is 0 Å². The number of carbonyl (C=O) groups is 1. The second-order valence-electron chi connectivity index (χ2n) is 4.54. The average molecular weight is 244 g/mol. The van der Waals surface area contributed by atoms with Crippen molar-refractivity contribution in [2.75, 3.05) is 33.3 Å². The quantitative estimate of drug-likeness (QED) is 0.540. The van der Waals surface area contributed by atoms with E-state index in [-0.39, 0.29) is 12.5 Å². The third-order valence-electron chi connectivity index (χ3n) is 2.77. The Morgan fingerprint density at radius 3 is 2.59 bits per heavy atom. The maximum Gasteiger partial charge on any atom is 0.221 e. The Labute approximate surface area is 105 Å². The zero-order valence-corrected chi connectivity index (χ0v) is 11.4. The van der Waals surface area contributed by atoms with Gasteiger partial charge in [-0.25, -0.2) is 0 Å². The van der Waals surface area contributed by atoms with Crippen LogP contribution < -0.4 is 5.32 Å². The van der Waals surface area contributed by atoms with Gasteiger partial charge in [-0.05, 0) is 39.3 Å². The van der Waals surface area contributed by atoms with Crippen molar-refractivity contribution >= 4 is 5.91 Å². The molecule has 0 aromatic carbocycles. The molecule has 1 amide bonds. The minimum absolute atomic E-state index is 0.136. The monoisotopic (exact) mass is 244 g/mol. The molecule has 17 heavy (non-hydrogen) atoms. The normalized spacial score (nSPS) is 10.8. The van der Waals surface area contributed by atoms with E-state index in [9.17, 15) is 4.79 Å². The molecule has 102 valence electrons. The maximum absolute atomic E-state index is 11.5. The van der Waals surface area contributed by atoms with Crippen LogP contribution in [0.2, 0.25) is 0 Å². The van der Waals surface area contributed by atoms with Crippen LogP contribution in [0.25, 0.3) is 0 Å². The highest BCUT2D eigenvalue weighted by Gasteiger charge is 2.03. The Bertz CT molecular complexity index is 186. The molecule has 0 aromatic heterocycles. The lowest BCUT2D eigenvalue weighted by molar-refractivity contribution is -0.121. The van der Waals surface area contributed by atoms with Crippen LogP contribution in [0.4, 0.5) is 0 Å². The SMILES string of the molecule is CCCCN(C)CCC(=O)NCCCCCO. The standard InChI is InChI=1S/C13H28N2O2/c1-3-4-10-15(2)11-8-13(17)14-9-6-5-7-12-16/h16H,3-12H2,1-2H3,(H,14,17). The van der Waals surface area contributed by atoms with Gasteiger partial charge in [0.1, 0.15) is 0 Å². The second kappa shape index (κ2) is 11.9. The summed E-state index contributed by atoms with van der Waals surface area (Å²) < 4.78 is 0. The molecule has 0 bridgehead atoms. The summed E-state index contributed by atoms with van der Waals surface area (Å²) >= 11 is 0. The first kappa shape index (κ1) is 16.4. The van der Waals surface area contributed by atoms with Crippen LogP contribution in [0.15, 0.2) is 0 Å². The van der Waals surface area contributed by atoms with Crippen molar-refractivity contribution in [3.8, 4) is 0 Å². The van der Waals surface area contributed by atoms with Crippen LogP contribution in [0.3, 0.4) is 0 Å². The minimum Gasteiger partial charge on any atom is -0.396 e. The molecule has 0 aliphatic heterocycles. The number of nitrogens with zero attached hydrogens (tertiary/aromatic N) is 1. The fourth-order valence-corrected chi connectivity index (χ4v) is 1.56. The van der Waals surface area contributed by atoms with Crippen molar-refractivity contribution in [2.24, 2.45) is 0 Å². The Morgan fingerprint density at radius 2 is 1.94 bits per heavy atom. The van der Waals surface area contributed by atoms with Gasteiger partial charge in [-0.3, -0.25) is 4.79 Å². The zero-order chi connectivity index (χ0) is 12.9. The highest BCUT2D eigenvalue weighted by Crippen LogP contribution is 1.95. The summed E-state index contributed by atoms with van der Waals surface area (Å²) in [6, 6.07) is 0. The highest BCUT2D eigenvalue weighted by molar-refractivity contribution is 5.75. The molecule has 4 nitrogen and oxygen atoms in total. The molecular formula is C13H28N2O2. The summed E-state index contributed by atoms with van der Waals surface area (Å²) in [5, 5.41) is 11.5. The number of hydrogen-bond acceptors (Lipinski definition) is 3. The van der Waals surface area contributed by atoms with E-state index in [0.717, 1.165) is 38.9 Å². The van der Waals surface area contributed by atoms with Crippen molar-refractivity contribution in [1.29, 1.82) is 0 Å². The van der Waals surface area contributed by atoms with Crippen LogP contribution in [-0.2, 0) is 4.79 Å². The van der Waals surface area contributed by atoms with E-state index in [2.05, 4.69) is 24.2 Å². The summed E-state index contributed by atoms with van der Waals surface area (Å²) in [7, 11) is 2.06. The second-order valence-corrected chi connectivity index (χ2v) is 4.54. The Morgan fingerprint density at radius 1 is 1.18 bits per heavy atom. The summed E-state index contributed by atoms with van der Waals surface area (Å²) in [6.45, 7) is 5.06. The topological polar surface area (TPSA) is 52.6 Å². The van der Waals surface area contributed by atoms with E-state index < -0.39 is 0 Å². The molecular weight excluding hydrogens is 216 g/mol. The predicted molar refractivity (Wildman–Crippen MR) is 71.0 cm³/mol. The van der Waals surface area contributed by atoms with Crippen molar-refractivity contribution < 1.29 is 9.90 Å². The van der Waals surface area contributed by atoms with Crippen molar-refractivity contribution in [2.45, 2.75) is 45.4 Å². The van der Waals surface area contributed by atoms with Gasteiger partial charge in [-0.1, -0.05) is 13.3 Å². The number of aliphatic hydroxyl groups is 1. The molecule has 0 rings (SSSR count). The number of aliphatic hydroxyl groups excluding tert-OH is 1. The molecule has 0 fully saturated rings. The molecule has 0 unspecified atom stereocenters. The fraction of sp³-hybridized carbons (Fsp3) is 0.923. The molecule has 0 aromatic rings. The lowest BCUT2D eigenvalue weighted by Gasteiger charge is -2.15. The van der Waals surface area contributed by atoms with Crippen LogP contribution in [0, 0.1) is 0 Å². The largest absolute Gasteiger partial charge is 0.396 e. The molecule has 0 saturated carbocycles. The third-order valence-corrected chi connectivity index (χ3v) is 2.77. The van der Waals surface area contributed by atoms with Crippen LogP contribution in [0.5, 0.6) is 0 Å². The number of carbonyl (C=O) groups excluding carboxylic acids is 1. The molecule has 0 aliphatic rings. The fourth-order valence-electron chi connectivity index (χ4n) is 1.56. The van der Waals surface area contributed by atoms with E-state index in [4.69, 9.17) is 5.11 Å². The molecule has 0 saturated heterocycles. The van der Waals surface area contributed by atoms with Crippen molar-refractivity contribution in [3.63, 3.8) is 0 Å². The number of unbranched alkanes of at least 4 members (excludes halogenated alkanes) is 3. The van der Waals surface area contributed by atoms with Gasteiger partial charge in [-0.15, -0.1) is 0 Å². The zero-order valence-electron chi connectivity index (χ0n) is 11.4. The summed E-state index contributed by atoms with van der Waals surface area (Å²) in [5.41, 5.74) is 0. The molecule has 0 heterocycles. The van der Waals surface area contributed by atoms with E-state index in [1.54, 1.807) is 0 Å². The van der Waals surface area contributed by atoms with Gasteiger partial charge < -0.3 is 15.3 Å². The number of hydrogen-bond donors (Lipinski definition) is 2. The van der Waals surface area contributed by atoms with Crippen molar-refractivity contribution in [1.82, 2.24) is 10.2 Å². The first-order valence-electron chi connectivity index (χ1n) is 6.76. The van der Waals surface area contributed by atoms with Gasteiger partial charge in [0.2, 0.25) is 5.91 Å². The molecule has 0 atom stereocenters. The van der Waals surface area contributed by atoms with E-state index in [0.29, 0.717) is 6.42 Å². The Kier molecular flexibility index (Phi) is 11.4. The van der Waals surface area contributed by atoms with Crippen LogP contribution >= 0.6 is 0 Å². The molecule has 0 spiro atoms. The summed E-state index contributed by atoms with van der Waals surface area (Å²) in [5.74, 6) is 0.136. The van der Waals surface area contributed by atoms with Gasteiger partial charge in [0.15, 0.2) is 0 Å². The van der Waals surface area contributed by atoms with Crippen LogP contribution in [-0.4, -0.2) is 49.2 Å². The number of amides is 1. The molecule has 0 radical (unpaired) electrons. The van der Waals surface area contributed by atoms with Crippen LogP contribution in [0.1, 0.15) is 45.4 Å². The third kappa shape index (κ3) is 11.6. The van der Waals surface area contributed by atoms with Gasteiger partial charge in [0, 0.05) is 26.1 Å². The first-order chi connectivity index (χ1) is 8.20. The lowest BCUT2D eigenvalue weighted by Crippen LogP contribution is -2.29. The lowest BCUT2D eigenvalue weighted by atomic mass is 10.2. The summed E-state index contributed by atoms with van der Waals surface area (Å²) in [4.78, 5) is 13.7. The van der Waals surface area contributed by atoms with Gasteiger partial charge >= 0.3 is 0 Å². The molecule has 0 aliphatic carbocycles. The van der Waals surface area contributed by atoms with E-state index >= 15 is 0 Å². The Balaban J connectivity index is 3.33. The van der Waals surface area contributed by atoms with Gasteiger partial charge in [-0.2, -0.15) is 0 Å². The van der Waals surface area contributed by atoms with Crippen molar-refractivity contribution in [3.05, 3.63) is 0 Å². The number of nitrogens with one attached hydrogen (secondary N) is 1. The van der Waals surface area contributed by atoms with E-state index in [1.165, 1.54) is 12.8 Å².